The first kappa shape index (κ1) is 16.8. The number of carbonyl (C=O) groups excluding carboxylic acids is 1. The van der Waals surface area contributed by atoms with Crippen molar-refractivity contribution in [1.29, 1.82) is 0 Å². The molecule has 0 radical (unpaired) electrons. The van der Waals surface area contributed by atoms with Crippen molar-refractivity contribution in [3.05, 3.63) is 41.7 Å². The van der Waals surface area contributed by atoms with Gasteiger partial charge in [0.05, 0.1) is 6.04 Å². The van der Waals surface area contributed by atoms with Crippen LogP contribution in [0.4, 0.5) is 0 Å². The van der Waals surface area contributed by atoms with Crippen LogP contribution in [0.25, 0.3) is 0 Å². The predicted octanol–water partition coefficient (Wildman–Crippen LogP) is 3.29. The zero-order valence-electron chi connectivity index (χ0n) is 15.2. The fourth-order valence-electron chi connectivity index (χ4n) is 4.00. The van der Waals surface area contributed by atoms with E-state index in [4.69, 9.17) is 0 Å². The monoisotopic (exact) mass is 328 g/mol. The van der Waals surface area contributed by atoms with Crippen molar-refractivity contribution in [1.82, 2.24) is 19.0 Å². The largest absolute Gasteiger partial charge is 0.339 e. The topological polar surface area (TPSA) is 43.1 Å². The summed E-state index contributed by atoms with van der Waals surface area (Å²) in [4.78, 5) is 19.5. The molecule has 0 saturated carbocycles. The quantitative estimate of drug-likeness (QED) is 0.864. The second-order valence-corrected chi connectivity index (χ2v) is 6.85. The SMILES string of the molecule is CCc1nccn1[C@@H]1CCCN(C(=O)[C@@H](C)n2c(C)ccc2C)C1. The molecule has 24 heavy (non-hydrogen) atoms. The zero-order valence-corrected chi connectivity index (χ0v) is 15.2. The van der Waals surface area contributed by atoms with Crippen molar-refractivity contribution >= 4 is 5.91 Å². The van der Waals surface area contributed by atoms with E-state index in [1.165, 1.54) is 0 Å². The predicted molar refractivity (Wildman–Crippen MR) is 95.1 cm³/mol. The fraction of sp³-hybridized carbons (Fsp3) is 0.579. The standard InChI is InChI=1S/C19H28N4O/c1-5-18-20-10-12-22(18)17-7-6-11-21(13-17)19(24)16(4)23-14(2)8-9-15(23)3/h8-10,12,16-17H,5-7,11,13H2,1-4H3/t16-,17-/m1/s1. The molecule has 5 nitrogen and oxygen atoms in total. The molecular formula is C19H28N4O. The Morgan fingerprint density at radius 2 is 2.04 bits per heavy atom. The lowest BCUT2D eigenvalue weighted by atomic mass is 10.0. The molecule has 3 rings (SSSR count). The molecule has 0 N–H and O–H groups in total. The highest BCUT2D eigenvalue weighted by Crippen LogP contribution is 2.26. The average molecular weight is 328 g/mol. The molecule has 2 aromatic rings. The van der Waals surface area contributed by atoms with Crippen LogP contribution in [0.1, 0.15) is 56.0 Å². The Morgan fingerprint density at radius 1 is 1.33 bits per heavy atom. The van der Waals surface area contributed by atoms with Gasteiger partial charge in [-0.3, -0.25) is 4.79 Å². The Morgan fingerprint density at radius 3 is 2.71 bits per heavy atom. The van der Waals surface area contributed by atoms with E-state index in [-0.39, 0.29) is 11.9 Å². The van der Waals surface area contributed by atoms with E-state index in [2.05, 4.69) is 53.2 Å². The molecule has 3 heterocycles. The lowest BCUT2D eigenvalue weighted by Gasteiger charge is -2.36. The van der Waals surface area contributed by atoms with Crippen LogP contribution in [0.5, 0.6) is 0 Å². The molecule has 2 atom stereocenters. The van der Waals surface area contributed by atoms with Crippen molar-refractivity contribution in [2.45, 2.75) is 59.0 Å². The summed E-state index contributed by atoms with van der Waals surface area (Å²) < 4.78 is 4.40. The summed E-state index contributed by atoms with van der Waals surface area (Å²) in [7, 11) is 0. The van der Waals surface area contributed by atoms with Gasteiger partial charge in [-0.2, -0.15) is 0 Å². The van der Waals surface area contributed by atoms with Crippen molar-refractivity contribution in [2.75, 3.05) is 13.1 Å². The van der Waals surface area contributed by atoms with Crippen LogP contribution >= 0.6 is 0 Å². The van der Waals surface area contributed by atoms with Crippen molar-refractivity contribution in [2.24, 2.45) is 0 Å². The molecule has 0 unspecified atom stereocenters. The summed E-state index contributed by atoms with van der Waals surface area (Å²) in [6.07, 6.45) is 7.02. The molecule has 0 aliphatic carbocycles. The average Bonchev–Trinajstić information content (AvgIpc) is 3.20. The molecule has 1 aliphatic rings. The van der Waals surface area contributed by atoms with E-state index < -0.39 is 0 Å². The van der Waals surface area contributed by atoms with Gasteiger partial charge in [-0.15, -0.1) is 0 Å². The molecule has 0 aromatic carbocycles. The molecule has 0 bridgehead atoms. The third kappa shape index (κ3) is 2.99. The second-order valence-electron chi connectivity index (χ2n) is 6.85. The summed E-state index contributed by atoms with van der Waals surface area (Å²) in [6, 6.07) is 4.36. The number of piperidine rings is 1. The number of hydrogen-bond donors (Lipinski definition) is 0. The lowest BCUT2D eigenvalue weighted by Crippen LogP contribution is -2.44. The number of aromatic nitrogens is 3. The van der Waals surface area contributed by atoms with Gasteiger partial charge in [0.2, 0.25) is 5.91 Å². The minimum atomic E-state index is -0.146. The first-order valence-corrected chi connectivity index (χ1v) is 8.97. The van der Waals surface area contributed by atoms with Gasteiger partial charge in [-0.1, -0.05) is 6.92 Å². The molecule has 1 aliphatic heterocycles. The van der Waals surface area contributed by atoms with Gasteiger partial charge in [0, 0.05) is 43.3 Å². The fourth-order valence-corrected chi connectivity index (χ4v) is 4.00. The Bertz CT molecular complexity index is 695. The minimum Gasteiger partial charge on any atom is -0.339 e. The Labute approximate surface area is 144 Å². The van der Waals surface area contributed by atoms with E-state index in [1.54, 1.807) is 0 Å². The van der Waals surface area contributed by atoms with E-state index in [1.807, 2.05) is 18.0 Å². The van der Waals surface area contributed by atoms with Gasteiger partial charge in [0.1, 0.15) is 11.9 Å². The summed E-state index contributed by atoms with van der Waals surface area (Å²) in [5, 5.41) is 0. The van der Waals surface area contributed by atoms with Crippen molar-refractivity contribution < 1.29 is 4.79 Å². The van der Waals surface area contributed by atoms with Crippen LogP contribution in [0.3, 0.4) is 0 Å². The number of carbonyl (C=O) groups is 1. The zero-order chi connectivity index (χ0) is 17.3. The number of rotatable bonds is 4. The van der Waals surface area contributed by atoms with Crippen LogP contribution in [-0.4, -0.2) is 38.0 Å². The van der Waals surface area contributed by atoms with Crippen LogP contribution in [0.15, 0.2) is 24.5 Å². The number of imidazole rings is 1. The molecule has 130 valence electrons. The lowest BCUT2D eigenvalue weighted by molar-refractivity contribution is -0.136. The van der Waals surface area contributed by atoms with E-state index in [0.29, 0.717) is 6.04 Å². The van der Waals surface area contributed by atoms with Gasteiger partial charge in [-0.25, -0.2) is 4.98 Å². The smallest absolute Gasteiger partial charge is 0.245 e. The van der Waals surface area contributed by atoms with Gasteiger partial charge in [-0.05, 0) is 45.7 Å². The molecule has 5 heteroatoms. The van der Waals surface area contributed by atoms with Gasteiger partial charge >= 0.3 is 0 Å². The second kappa shape index (κ2) is 6.83. The summed E-state index contributed by atoms with van der Waals surface area (Å²) in [6.45, 7) is 9.91. The number of hydrogen-bond acceptors (Lipinski definition) is 2. The van der Waals surface area contributed by atoms with Crippen LogP contribution < -0.4 is 0 Å². The third-order valence-corrected chi connectivity index (χ3v) is 5.24. The van der Waals surface area contributed by atoms with Gasteiger partial charge < -0.3 is 14.0 Å². The Kier molecular flexibility index (Phi) is 4.78. The van der Waals surface area contributed by atoms with Crippen LogP contribution in [0.2, 0.25) is 0 Å². The van der Waals surface area contributed by atoms with Gasteiger partial charge in [0.25, 0.3) is 0 Å². The summed E-state index contributed by atoms with van der Waals surface area (Å²) >= 11 is 0. The maximum Gasteiger partial charge on any atom is 0.245 e. The summed E-state index contributed by atoms with van der Waals surface area (Å²) in [5.74, 6) is 1.33. The molecular weight excluding hydrogens is 300 g/mol. The normalized spacial score (nSPS) is 19.5. The molecule has 1 saturated heterocycles. The maximum absolute atomic E-state index is 13.1. The third-order valence-electron chi connectivity index (χ3n) is 5.24. The molecule has 1 fully saturated rings. The number of aryl methyl sites for hydroxylation is 3. The highest BCUT2D eigenvalue weighted by Gasteiger charge is 2.29. The number of likely N-dealkylation sites (tertiary alicyclic amines) is 1. The molecule has 2 aromatic heterocycles. The van der Waals surface area contributed by atoms with Gasteiger partial charge in [0.15, 0.2) is 0 Å². The van der Waals surface area contributed by atoms with E-state index >= 15 is 0 Å². The highest BCUT2D eigenvalue weighted by atomic mass is 16.2. The molecule has 1 amide bonds. The van der Waals surface area contributed by atoms with E-state index in [9.17, 15) is 4.79 Å². The van der Waals surface area contributed by atoms with Crippen LogP contribution in [-0.2, 0) is 11.2 Å². The Hall–Kier alpha value is -2.04. The number of nitrogens with zero attached hydrogens (tertiary/aromatic N) is 4. The first-order valence-electron chi connectivity index (χ1n) is 8.97. The maximum atomic E-state index is 13.1. The Balaban J connectivity index is 1.76. The number of amides is 1. The van der Waals surface area contributed by atoms with E-state index in [0.717, 1.165) is 49.6 Å². The van der Waals surface area contributed by atoms with Crippen LogP contribution in [0, 0.1) is 13.8 Å². The van der Waals surface area contributed by atoms with Crippen molar-refractivity contribution in [3.63, 3.8) is 0 Å². The molecule has 0 spiro atoms. The highest BCUT2D eigenvalue weighted by molar-refractivity contribution is 5.80. The first-order chi connectivity index (χ1) is 11.5. The minimum absolute atomic E-state index is 0.146. The van der Waals surface area contributed by atoms with Crippen molar-refractivity contribution in [3.8, 4) is 0 Å². The summed E-state index contributed by atoms with van der Waals surface area (Å²) in [5.41, 5.74) is 2.29.